The van der Waals surface area contributed by atoms with Gasteiger partial charge in [0.05, 0.1) is 0 Å². The molecule has 0 unspecified atom stereocenters. The minimum Gasteiger partial charge on any atom is -0.370 e. The maximum atomic E-state index is 13.0. The van der Waals surface area contributed by atoms with Crippen molar-refractivity contribution in [2.45, 2.75) is 13.0 Å². The Labute approximate surface area is 123 Å². The summed E-state index contributed by atoms with van der Waals surface area (Å²) in [6.07, 6.45) is 1.28. The molecule has 0 radical (unpaired) electrons. The number of benzene rings is 1. The minimum absolute atomic E-state index is 0.114. The van der Waals surface area contributed by atoms with Crippen LogP contribution in [0.15, 0.2) is 48.7 Å². The Bertz CT molecular complexity index is 603. The first-order chi connectivity index (χ1) is 10.1. The van der Waals surface area contributed by atoms with Crippen LogP contribution in [-0.4, -0.2) is 30.5 Å². The van der Waals surface area contributed by atoms with E-state index >= 15 is 0 Å². The number of para-hydroxylation sites is 1. The van der Waals surface area contributed by atoms with E-state index in [1.165, 1.54) is 12.3 Å². The smallest absolute Gasteiger partial charge is 0.251 e. The first kappa shape index (κ1) is 15.0. The highest BCUT2D eigenvalue weighted by atomic mass is 19.1. The number of aromatic nitrogens is 1. The molecule has 2 rings (SSSR count). The van der Waals surface area contributed by atoms with Gasteiger partial charge in [0.2, 0.25) is 5.95 Å². The molecule has 2 aromatic rings. The van der Waals surface area contributed by atoms with E-state index in [1.54, 1.807) is 0 Å². The second-order valence-electron chi connectivity index (χ2n) is 4.87. The number of amides is 1. The van der Waals surface area contributed by atoms with E-state index in [9.17, 15) is 9.18 Å². The van der Waals surface area contributed by atoms with Gasteiger partial charge in [0.1, 0.15) is 0 Å². The number of halogens is 1. The average Bonchev–Trinajstić information content (AvgIpc) is 2.52. The SMILES string of the molecule is C[C@H](CNC(=O)c1ccnc(F)c1)N(C)c1ccccc1. The van der Waals surface area contributed by atoms with Crippen LogP contribution in [-0.2, 0) is 0 Å². The van der Waals surface area contributed by atoms with Gasteiger partial charge in [0.15, 0.2) is 0 Å². The zero-order chi connectivity index (χ0) is 15.2. The lowest BCUT2D eigenvalue weighted by molar-refractivity contribution is 0.0951. The third kappa shape index (κ3) is 4.02. The number of rotatable bonds is 5. The van der Waals surface area contributed by atoms with Gasteiger partial charge in [-0.15, -0.1) is 0 Å². The van der Waals surface area contributed by atoms with Crippen LogP contribution < -0.4 is 10.2 Å². The first-order valence-electron chi connectivity index (χ1n) is 6.75. The van der Waals surface area contributed by atoms with Crippen molar-refractivity contribution in [1.82, 2.24) is 10.3 Å². The van der Waals surface area contributed by atoms with E-state index in [0.717, 1.165) is 11.8 Å². The average molecular weight is 287 g/mol. The molecule has 0 saturated heterocycles. The highest BCUT2D eigenvalue weighted by molar-refractivity contribution is 5.94. The highest BCUT2D eigenvalue weighted by Gasteiger charge is 2.12. The van der Waals surface area contributed by atoms with E-state index in [-0.39, 0.29) is 17.5 Å². The van der Waals surface area contributed by atoms with E-state index < -0.39 is 5.95 Å². The zero-order valence-electron chi connectivity index (χ0n) is 12.1. The summed E-state index contributed by atoms with van der Waals surface area (Å²) in [5.74, 6) is -0.957. The molecule has 1 N–H and O–H groups in total. The van der Waals surface area contributed by atoms with Crippen LogP contribution in [0, 0.1) is 5.95 Å². The van der Waals surface area contributed by atoms with Gasteiger partial charge in [-0.3, -0.25) is 4.79 Å². The molecule has 0 aliphatic carbocycles. The van der Waals surface area contributed by atoms with Crippen LogP contribution >= 0.6 is 0 Å². The molecule has 0 fully saturated rings. The van der Waals surface area contributed by atoms with Crippen molar-refractivity contribution < 1.29 is 9.18 Å². The molecule has 0 aliphatic heterocycles. The maximum Gasteiger partial charge on any atom is 0.251 e. The molecule has 5 heteroatoms. The quantitative estimate of drug-likeness (QED) is 0.859. The van der Waals surface area contributed by atoms with Crippen molar-refractivity contribution in [1.29, 1.82) is 0 Å². The number of pyridine rings is 1. The van der Waals surface area contributed by atoms with Gasteiger partial charge in [-0.05, 0) is 25.1 Å². The van der Waals surface area contributed by atoms with Crippen LogP contribution in [0.2, 0.25) is 0 Å². The molecular weight excluding hydrogens is 269 g/mol. The fourth-order valence-electron chi connectivity index (χ4n) is 1.94. The summed E-state index contributed by atoms with van der Waals surface area (Å²) in [6.45, 7) is 2.48. The van der Waals surface area contributed by atoms with Gasteiger partial charge >= 0.3 is 0 Å². The molecule has 4 nitrogen and oxygen atoms in total. The largest absolute Gasteiger partial charge is 0.370 e. The number of carbonyl (C=O) groups excluding carboxylic acids is 1. The molecule has 1 aromatic heterocycles. The van der Waals surface area contributed by atoms with Crippen molar-refractivity contribution in [3.05, 3.63) is 60.2 Å². The van der Waals surface area contributed by atoms with Crippen LogP contribution in [0.25, 0.3) is 0 Å². The summed E-state index contributed by atoms with van der Waals surface area (Å²) >= 11 is 0. The third-order valence-corrected chi connectivity index (χ3v) is 3.37. The van der Waals surface area contributed by atoms with Gasteiger partial charge in [-0.2, -0.15) is 4.39 Å². The van der Waals surface area contributed by atoms with Gasteiger partial charge in [-0.1, -0.05) is 18.2 Å². The molecule has 0 bridgehead atoms. The van der Waals surface area contributed by atoms with Gasteiger partial charge < -0.3 is 10.2 Å². The monoisotopic (exact) mass is 287 g/mol. The molecule has 1 amide bonds. The molecule has 0 saturated carbocycles. The molecular formula is C16H18FN3O. The summed E-state index contributed by atoms with van der Waals surface area (Å²) in [4.78, 5) is 17.4. The van der Waals surface area contributed by atoms with Crippen molar-refractivity contribution >= 4 is 11.6 Å². The first-order valence-corrected chi connectivity index (χ1v) is 6.75. The Morgan fingerprint density at radius 2 is 2.05 bits per heavy atom. The van der Waals surface area contributed by atoms with Crippen molar-refractivity contribution in [3.8, 4) is 0 Å². The number of hydrogen-bond donors (Lipinski definition) is 1. The van der Waals surface area contributed by atoms with Crippen molar-refractivity contribution in [2.24, 2.45) is 0 Å². The predicted octanol–water partition coefficient (Wildman–Crippen LogP) is 2.48. The topological polar surface area (TPSA) is 45.2 Å². The molecule has 1 aromatic carbocycles. The van der Waals surface area contributed by atoms with E-state index in [2.05, 4.69) is 15.2 Å². The maximum absolute atomic E-state index is 13.0. The Kier molecular flexibility index (Phi) is 4.87. The molecule has 0 spiro atoms. The highest BCUT2D eigenvalue weighted by Crippen LogP contribution is 2.13. The summed E-state index contributed by atoms with van der Waals surface area (Å²) in [7, 11) is 1.97. The van der Waals surface area contributed by atoms with E-state index in [0.29, 0.717) is 6.54 Å². The van der Waals surface area contributed by atoms with Crippen LogP contribution in [0.3, 0.4) is 0 Å². The number of likely N-dealkylation sites (N-methyl/N-ethyl adjacent to an activating group) is 1. The van der Waals surface area contributed by atoms with Crippen molar-refractivity contribution in [2.75, 3.05) is 18.5 Å². The van der Waals surface area contributed by atoms with Crippen molar-refractivity contribution in [3.63, 3.8) is 0 Å². The van der Waals surface area contributed by atoms with Crippen LogP contribution in [0.5, 0.6) is 0 Å². The Morgan fingerprint density at radius 3 is 2.71 bits per heavy atom. The third-order valence-electron chi connectivity index (χ3n) is 3.37. The Morgan fingerprint density at radius 1 is 1.33 bits per heavy atom. The van der Waals surface area contributed by atoms with E-state index in [4.69, 9.17) is 0 Å². The molecule has 0 aliphatic rings. The standard InChI is InChI=1S/C16H18FN3O/c1-12(20(2)14-6-4-3-5-7-14)11-19-16(21)13-8-9-18-15(17)10-13/h3-10,12H,11H2,1-2H3,(H,19,21)/t12-/m1/s1. The lowest BCUT2D eigenvalue weighted by Crippen LogP contribution is -2.40. The molecule has 1 atom stereocenters. The number of carbonyl (C=O) groups is 1. The fourth-order valence-corrected chi connectivity index (χ4v) is 1.94. The van der Waals surface area contributed by atoms with Crippen LogP contribution in [0.1, 0.15) is 17.3 Å². The normalized spacial score (nSPS) is 11.8. The fraction of sp³-hybridized carbons (Fsp3) is 0.250. The Balaban J connectivity index is 1.92. The lowest BCUT2D eigenvalue weighted by Gasteiger charge is -2.27. The van der Waals surface area contributed by atoms with Crippen LogP contribution in [0.4, 0.5) is 10.1 Å². The number of nitrogens with one attached hydrogen (secondary N) is 1. The molecule has 110 valence electrons. The molecule has 1 heterocycles. The summed E-state index contributed by atoms with van der Waals surface area (Å²) in [6, 6.07) is 12.6. The van der Waals surface area contributed by atoms with Gasteiger partial charge in [-0.25, -0.2) is 4.98 Å². The number of anilines is 1. The summed E-state index contributed by atoms with van der Waals surface area (Å²) in [5, 5.41) is 2.80. The predicted molar refractivity (Wildman–Crippen MR) is 80.8 cm³/mol. The minimum atomic E-state index is -0.655. The number of hydrogen-bond acceptors (Lipinski definition) is 3. The molecule has 21 heavy (non-hydrogen) atoms. The summed E-state index contributed by atoms with van der Waals surface area (Å²) < 4.78 is 13.0. The second-order valence-corrected chi connectivity index (χ2v) is 4.87. The van der Waals surface area contributed by atoms with Gasteiger partial charge in [0, 0.05) is 43.1 Å². The second kappa shape index (κ2) is 6.83. The zero-order valence-corrected chi connectivity index (χ0v) is 12.1. The Hall–Kier alpha value is -2.43. The van der Waals surface area contributed by atoms with Gasteiger partial charge in [0.25, 0.3) is 5.91 Å². The lowest BCUT2D eigenvalue weighted by atomic mass is 10.2. The number of nitrogens with zero attached hydrogens (tertiary/aromatic N) is 2. The summed E-state index contributed by atoms with van der Waals surface area (Å²) in [5.41, 5.74) is 1.35. The van der Waals surface area contributed by atoms with E-state index in [1.807, 2.05) is 44.3 Å².